The summed E-state index contributed by atoms with van der Waals surface area (Å²) in [5.41, 5.74) is 0. The van der Waals surface area contributed by atoms with Crippen molar-refractivity contribution in [3.05, 3.63) is 0 Å². The molecule has 1 saturated heterocycles. The first-order valence-electron chi connectivity index (χ1n) is 4.69. The van der Waals surface area contributed by atoms with Crippen LogP contribution in [0.3, 0.4) is 0 Å². The van der Waals surface area contributed by atoms with Crippen LogP contribution in [0.15, 0.2) is 0 Å². The van der Waals surface area contributed by atoms with Crippen LogP contribution < -0.4 is 5.32 Å². The molecule has 2 N–H and O–H groups in total. The van der Waals surface area contributed by atoms with Crippen LogP contribution in [0.1, 0.15) is 13.3 Å². The lowest BCUT2D eigenvalue weighted by Gasteiger charge is -2.39. The molecule has 0 spiro atoms. The van der Waals surface area contributed by atoms with E-state index in [1.165, 1.54) is 7.11 Å². The first kappa shape index (κ1) is 11.9. The van der Waals surface area contributed by atoms with Gasteiger partial charge in [-0.25, -0.2) is 0 Å². The Bertz CT molecular complexity index is 255. The molecular weight excluding hydrogens is 202 g/mol. The van der Waals surface area contributed by atoms with Crippen LogP contribution in [0.25, 0.3) is 0 Å². The van der Waals surface area contributed by atoms with E-state index in [0.29, 0.717) is 0 Å². The molecule has 1 heterocycles. The standard InChI is InChI=1S/C9H15NO5/c1-5(15-4-14-2)8-6(3-7(11)12)10-9(8)13/h5-6,8H,3-4H2,1-2H3,(H,10,13)(H,11,12)/t5-,6-,8-/m1/s1. The highest BCUT2D eigenvalue weighted by molar-refractivity contribution is 5.88. The van der Waals surface area contributed by atoms with E-state index in [0.717, 1.165) is 0 Å². The minimum Gasteiger partial charge on any atom is -0.481 e. The number of carbonyl (C=O) groups excluding carboxylic acids is 1. The Hall–Kier alpha value is -1.14. The fourth-order valence-corrected chi connectivity index (χ4v) is 1.64. The Balaban J connectivity index is 2.43. The molecule has 6 nitrogen and oxygen atoms in total. The van der Waals surface area contributed by atoms with Crippen LogP contribution in [0.2, 0.25) is 0 Å². The van der Waals surface area contributed by atoms with Crippen LogP contribution in [-0.2, 0) is 19.1 Å². The summed E-state index contributed by atoms with van der Waals surface area (Å²) in [5.74, 6) is -1.48. The summed E-state index contributed by atoms with van der Waals surface area (Å²) in [6, 6.07) is -0.332. The van der Waals surface area contributed by atoms with Gasteiger partial charge in [0.1, 0.15) is 6.79 Å². The molecular formula is C9H15NO5. The van der Waals surface area contributed by atoms with E-state index in [2.05, 4.69) is 5.32 Å². The van der Waals surface area contributed by atoms with E-state index < -0.39 is 11.9 Å². The fraction of sp³-hybridized carbons (Fsp3) is 0.778. The van der Waals surface area contributed by atoms with Gasteiger partial charge in [-0.1, -0.05) is 0 Å². The summed E-state index contributed by atoms with van der Waals surface area (Å²) in [6.45, 7) is 1.84. The molecule has 1 fully saturated rings. The third kappa shape index (κ3) is 2.90. The fourth-order valence-electron chi connectivity index (χ4n) is 1.64. The summed E-state index contributed by atoms with van der Waals surface area (Å²) in [5, 5.41) is 11.1. The lowest BCUT2D eigenvalue weighted by Crippen LogP contribution is -2.62. The average molecular weight is 217 g/mol. The molecule has 1 aliphatic rings. The maximum absolute atomic E-state index is 11.2. The highest BCUT2D eigenvalue weighted by Gasteiger charge is 2.44. The first-order valence-corrected chi connectivity index (χ1v) is 4.69. The predicted molar refractivity (Wildman–Crippen MR) is 50.1 cm³/mol. The van der Waals surface area contributed by atoms with Gasteiger partial charge in [0.2, 0.25) is 5.91 Å². The van der Waals surface area contributed by atoms with Gasteiger partial charge < -0.3 is 19.9 Å². The Morgan fingerprint density at radius 3 is 2.80 bits per heavy atom. The molecule has 1 aliphatic heterocycles. The molecule has 3 atom stereocenters. The Labute approximate surface area is 87.5 Å². The molecule has 1 amide bonds. The number of methoxy groups -OCH3 is 1. The Morgan fingerprint density at radius 2 is 2.33 bits per heavy atom. The first-order chi connectivity index (χ1) is 7.06. The molecule has 0 aromatic heterocycles. The highest BCUT2D eigenvalue weighted by Crippen LogP contribution is 2.23. The Kier molecular flexibility index (Phi) is 4.05. The zero-order chi connectivity index (χ0) is 11.4. The predicted octanol–water partition coefficient (Wildman–Crippen LogP) is -0.415. The highest BCUT2D eigenvalue weighted by atomic mass is 16.7. The van der Waals surface area contributed by atoms with E-state index in [1.807, 2.05) is 0 Å². The summed E-state index contributed by atoms with van der Waals surface area (Å²) < 4.78 is 9.91. The van der Waals surface area contributed by atoms with Crippen molar-refractivity contribution in [3.63, 3.8) is 0 Å². The van der Waals surface area contributed by atoms with Crippen LogP contribution in [-0.4, -0.2) is 43.0 Å². The summed E-state index contributed by atoms with van der Waals surface area (Å²) >= 11 is 0. The number of carbonyl (C=O) groups is 2. The van der Waals surface area contributed by atoms with E-state index in [4.69, 9.17) is 14.6 Å². The third-order valence-electron chi connectivity index (χ3n) is 2.41. The van der Waals surface area contributed by atoms with E-state index in [1.54, 1.807) is 6.92 Å². The second-order valence-corrected chi connectivity index (χ2v) is 3.52. The summed E-state index contributed by atoms with van der Waals surface area (Å²) in [7, 11) is 1.49. The van der Waals surface area contributed by atoms with Gasteiger partial charge in [0, 0.05) is 7.11 Å². The van der Waals surface area contributed by atoms with Gasteiger partial charge in [-0.3, -0.25) is 9.59 Å². The topological polar surface area (TPSA) is 84.9 Å². The minimum absolute atomic E-state index is 0.0723. The maximum Gasteiger partial charge on any atom is 0.305 e. The van der Waals surface area contributed by atoms with Crippen molar-refractivity contribution in [1.82, 2.24) is 5.32 Å². The minimum atomic E-state index is -0.927. The van der Waals surface area contributed by atoms with Crippen molar-refractivity contribution in [1.29, 1.82) is 0 Å². The molecule has 0 saturated carbocycles. The zero-order valence-electron chi connectivity index (χ0n) is 8.73. The smallest absolute Gasteiger partial charge is 0.305 e. The van der Waals surface area contributed by atoms with Crippen LogP contribution >= 0.6 is 0 Å². The van der Waals surface area contributed by atoms with Gasteiger partial charge in [0.05, 0.1) is 24.5 Å². The van der Waals surface area contributed by atoms with Crippen molar-refractivity contribution >= 4 is 11.9 Å². The van der Waals surface area contributed by atoms with Gasteiger partial charge >= 0.3 is 5.97 Å². The van der Waals surface area contributed by atoms with Crippen molar-refractivity contribution in [2.45, 2.75) is 25.5 Å². The van der Waals surface area contributed by atoms with E-state index in [9.17, 15) is 9.59 Å². The normalized spacial score (nSPS) is 26.7. The molecule has 0 unspecified atom stereocenters. The van der Waals surface area contributed by atoms with Gasteiger partial charge in [0.25, 0.3) is 0 Å². The number of carboxylic acid groups (broad SMARTS) is 1. The molecule has 0 radical (unpaired) electrons. The molecule has 15 heavy (non-hydrogen) atoms. The van der Waals surface area contributed by atoms with Crippen LogP contribution in [0.4, 0.5) is 0 Å². The second-order valence-electron chi connectivity index (χ2n) is 3.52. The number of rotatable bonds is 6. The number of aliphatic carboxylic acids is 1. The average Bonchev–Trinajstić information content (AvgIpc) is 2.12. The Morgan fingerprint density at radius 1 is 1.67 bits per heavy atom. The summed E-state index contributed by atoms with van der Waals surface area (Å²) in [6.07, 6.45) is -0.403. The van der Waals surface area contributed by atoms with Gasteiger partial charge in [-0.05, 0) is 6.92 Å². The maximum atomic E-state index is 11.2. The lowest BCUT2D eigenvalue weighted by molar-refractivity contribution is -0.154. The molecule has 1 rings (SSSR count). The van der Waals surface area contributed by atoms with E-state index in [-0.39, 0.29) is 31.3 Å². The van der Waals surface area contributed by atoms with Gasteiger partial charge in [-0.2, -0.15) is 0 Å². The SMILES string of the molecule is COCO[C@H](C)[C@H]1C(=O)N[C@@H]1CC(=O)O. The number of hydrogen-bond acceptors (Lipinski definition) is 4. The van der Waals surface area contributed by atoms with Crippen molar-refractivity contribution in [2.24, 2.45) is 5.92 Å². The molecule has 6 heteroatoms. The van der Waals surface area contributed by atoms with Crippen molar-refractivity contribution < 1.29 is 24.2 Å². The molecule has 0 aromatic carbocycles. The molecule has 0 aliphatic carbocycles. The third-order valence-corrected chi connectivity index (χ3v) is 2.41. The largest absolute Gasteiger partial charge is 0.481 e. The zero-order valence-corrected chi connectivity index (χ0v) is 8.73. The van der Waals surface area contributed by atoms with Crippen LogP contribution in [0.5, 0.6) is 0 Å². The van der Waals surface area contributed by atoms with Crippen molar-refractivity contribution in [3.8, 4) is 0 Å². The number of amides is 1. The number of β-lactam (4-membered cyclic amide) rings is 1. The number of carboxylic acids is 1. The molecule has 0 bridgehead atoms. The number of nitrogens with one attached hydrogen (secondary N) is 1. The monoisotopic (exact) mass is 217 g/mol. The molecule has 86 valence electrons. The van der Waals surface area contributed by atoms with E-state index >= 15 is 0 Å². The summed E-state index contributed by atoms with van der Waals surface area (Å²) in [4.78, 5) is 21.7. The molecule has 0 aromatic rings. The van der Waals surface area contributed by atoms with Gasteiger partial charge in [-0.15, -0.1) is 0 Å². The van der Waals surface area contributed by atoms with Gasteiger partial charge in [0.15, 0.2) is 0 Å². The quantitative estimate of drug-likeness (QED) is 0.466. The second kappa shape index (κ2) is 5.09. The number of hydrogen-bond donors (Lipinski definition) is 2. The van der Waals surface area contributed by atoms with Crippen LogP contribution in [0, 0.1) is 5.92 Å². The lowest BCUT2D eigenvalue weighted by atomic mass is 9.84. The van der Waals surface area contributed by atoms with Crippen molar-refractivity contribution in [2.75, 3.05) is 13.9 Å². The number of ether oxygens (including phenoxy) is 2.